The maximum atomic E-state index is 11.6. The van der Waals surface area contributed by atoms with Gasteiger partial charge in [-0.1, -0.05) is 45.9 Å². The first kappa shape index (κ1) is 14.0. The number of hydrogen-bond donors (Lipinski definition) is 0. The quantitative estimate of drug-likeness (QED) is 0.760. The van der Waals surface area contributed by atoms with Crippen LogP contribution in [0.3, 0.4) is 0 Å². The predicted molar refractivity (Wildman–Crippen MR) is 73.5 cm³/mol. The van der Waals surface area contributed by atoms with Crippen molar-refractivity contribution in [2.45, 2.75) is 59.3 Å². The molecule has 0 heterocycles. The second kappa shape index (κ2) is 5.48. The molecular weight excluding hydrogens is 208 g/mol. The minimum absolute atomic E-state index is 0.177. The number of hydrogen-bond acceptors (Lipinski definition) is 1. The molecule has 0 aliphatic rings. The fourth-order valence-corrected chi connectivity index (χ4v) is 1.94. The van der Waals surface area contributed by atoms with E-state index < -0.39 is 0 Å². The van der Waals surface area contributed by atoms with E-state index in [4.69, 9.17) is 0 Å². The van der Waals surface area contributed by atoms with Gasteiger partial charge in [0, 0.05) is 12.8 Å². The molecule has 0 bridgehead atoms. The Labute approximate surface area is 105 Å². The molecule has 0 saturated carbocycles. The third-order valence-electron chi connectivity index (χ3n) is 3.13. The molecule has 1 aromatic rings. The molecule has 0 aliphatic heterocycles. The predicted octanol–water partition coefficient (Wildman–Crippen LogP) is 4.20. The van der Waals surface area contributed by atoms with E-state index in [1.165, 1.54) is 16.7 Å². The van der Waals surface area contributed by atoms with Crippen molar-refractivity contribution in [1.82, 2.24) is 0 Å². The lowest BCUT2D eigenvalue weighted by Crippen LogP contribution is -2.12. The highest BCUT2D eigenvalue weighted by atomic mass is 16.1. The van der Waals surface area contributed by atoms with Crippen LogP contribution in [0.2, 0.25) is 0 Å². The highest BCUT2D eigenvalue weighted by Gasteiger charge is 2.14. The van der Waals surface area contributed by atoms with Crippen LogP contribution < -0.4 is 0 Å². The second-order valence-electron chi connectivity index (χ2n) is 5.86. The Morgan fingerprint density at radius 3 is 2.35 bits per heavy atom. The van der Waals surface area contributed by atoms with Gasteiger partial charge < -0.3 is 0 Å². The summed E-state index contributed by atoms with van der Waals surface area (Å²) in [6.45, 7) is 10.8. The van der Waals surface area contributed by atoms with Crippen LogP contribution in [0.25, 0.3) is 0 Å². The highest BCUT2D eigenvalue weighted by Crippen LogP contribution is 2.24. The summed E-state index contributed by atoms with van der Waals surface area (Å²) in [6, 6.07) is 6.49. The molecule has 0 radical (unpaired) electrons. The number of aryl methyl sites for hydroxylation is 1. The summed E-state index contributed by atoms with van der Waals surface area (Å²) in [7, 11) is 0. The molecule has 1 rings (SSSR count). The van der Waals surface area contributed by atoms with E-state index in [9.17, 15) is 4.79 Å². The van der Waals surface area contributed by atoms with Crippen molar-refractivity contribution in [3.8, 4) is 0 Å². The lowest BCUT2D eigenvalue weighted by molar-refractivity contribution is -0.118. The van der Waals surface area contributed by atoms with Crippen LogP contribution in [-0.2, 0) is 16.6 Å². The summed E-state index contributed by atoms with van der Waals surface area (Å²) in [5.74, 6) is 0.346. The van der Waals surface area contributed by atoms with E-state index in [0.29, 0.717) is 18.6 Å². The van der Waals surface area contributed by atoms with Gasteiger partial charge in [-0.15, -0.1) is 0 Å². The van der Waals surface area contributed by atoms with Gasteiger partial charge in [-0.3, -0.25) is 4.79 Å². The van der Waals surface area contributed by atoms with E-state index in [1.54, 1.807) is 0 Å². The maximum absolute atomic E-state index is 11.6. The Morgan fingerprint density at radius 1 is 1.24 bits per heavy atom. The summed E-state index contributed by atoms with van der Waals surface area (Å²) in [5, 5.41) is 0. The number of benzene rings is 1. The van der Waals surface area contributed by atoms with Crippen molar-refractivity contribution in [2.75, 3.05) is 0 Å². The SMILES string of the molecule is CCCC(=O)Cc1ccc(C(C)(C)C)cc1C. The molecule has 17 heavy (non-hydrogen) atoms. The topological polar surface area (TPSA) is 17.1 Å². The van der Waals surface area contributed by atoms with Crippen LogP contribution in [0, 0.1) is 6.92 Å². The van der Waals surface area contributed by atoms with Gasteiger partial charge in [-0.2, -0.15) is 0 Å². The average molecular weight is 232 g/mol. The molecule has 1 aromatic carbocycles. The Balaban J connectivity index is 2.87. The fourth-order valence-electron chi connectivity index (χ4n) is 1.94. The molecule has 0 N–H and O–H groups in total. The average Bonchev–Trinajstić information content (AvgIpc) is 2.20. The maximum Gasteiger partial charge on any atom is 0.137 e. The zero-order valence-electron chi connectivity index (χ0n) is 11.8. The minimum Gasteiger partial charge on any atom is -0.299 e. The van der Waals surface area contributed by atoms with Gasteiger partial charge in [0.2, 0.25) is 0 Å². The Bertz CT molecular complexity index is 396. The largest absolute Gasteiger partial charge is 0.299 e. The van der Waals surface area contributed by atoms with Crippen LogP contribution in [0.15, 0.2) is 18.2 Å². The van der Waals surface area contributed by atoms with E-state index in [0.717, 1.165) is 6.42 Å². The zero-order valence-corrected chi connectivity index (χ0v) is 11.8. The molecule has 0 aromatic heterocycles. The van der Waals surface area contributed by atoms with Crippen molar-refractivity contribution in [1.29, 1.82) is 0 Å². The molecule has 0 amide bonds. The molecule has 94 valence electrons. The van der Waals surface area contributed by atoms with Crippen LogP contribution in [0.4, 0.5) is 0 Å². The molecule has 0 saturated heterocycles. The monoisotopic (exact) mass is 232 g/mol. The third kappa shape index (κ3) is 3.99. The fraction of sp³-hybridized carbons (Fsp3) is 0.562. The molecule has 0 unspecified atom stereocenters. The van der Waals surface area contributed by atoms with E-state index in [-0.39, 0.29) is 5.41 Å². The van der Waals surface area contributed by atoms with Crippen molar-refractivity contribution in [3.63, 3.8) is 0 Å². The lowest BCUT2D eigenvalue weighted by atomic mass is 9.85. The summed E-state index contributed by atoms with van der Waals surface area (Å²) < 4.78 is 0. The molecule has 0 fully saturated rings. The van der Waals surface area contributed by atoms with Crippen LogP contribution in [0.1, 0.15) is 57.2 Å². The Hall–Kier alpha value is -1.11. The summed E-state index contributed by atoms with van der Waals surface area (Å²) in [5.41, 5.74) is 3.93. The number of rotatable bonds is 4. The highest BCUT2D eigenvalue weighted by molar-refractivity contribution is 5.81. The normalized spacial score (nSPS) is 11.6. The minimum atomic E-state index is 0.177. The molecule has 0 aliphatic carbocycles. The summed E-state index contributed by atoms with van der Waals surface area (Å²) in [6.07, 6.45) is 2.22. The molecule has 0 spiro atoms. The number of ketones is 1. The molecular formula is C16H24O. The van der Waals surface area contributed by atoms with Gasteiger partial charge in [0.25, 0.3) is 0 Å². The first-order valence-corrected chi connectivity index (χ1v) is 6.46. The third-order valence-corrected chi connectivity index (χ3v) is 3.13. The Morgan fingerprint density at radius 2 is 1.88 bits per heavy atom. The second-order valence-corrected chi connectivity index (χ2v) is 5.86. The molecule has 0 atom stereocenters. The van der Waals surface area contributed by atoms with Gasteiger partial charge >= 0.3 is 0 Å². The lowest BCUT2D eigenvalue weighted by Gasteiger charge is -2.20. The number of carbonyl (C=O) groups is 1. The number of Topliss-reactive ketones (excluding diaryl/α,β-unsaturated/α-hetero) is 1. The first-order chi connectivity index (χ1) is 7.84. The van der Waals surface area contributed by atoms with E-state index >= 15 is 0 Å². The number of carbonyl (C=O) groups excluding carboxylic acids is 1. The first-order valence-electron chi connectivity index (χ1n) is 6.46. The van der Waals surface area contributed by atoms with Gasteiger partial charge in [-0.05, 0) is 35.4 Å². The van der Waals surface area contributed by atoms with E-state index in [2.05, 4.69) is 45.9 Å². The zero-order chi connectivity index (χ0) is 13.1. The molecule has 1 heteroatoms. The van der Waals surface area contributed by atoms with Crippen molar-refractivity contribution < 1.29 is 4.79 Å². The van der Waals surface area contributed by atoms with Gasteiger partial charge in [0.05, 0.1) is 0 Å². The summed E-state index contributed by atoms with van der Waals surface area (Å²) in [4.78, 5) is 11.6. The summed E-state index contributed by atoms with van der Waals surface area (Å²) >= 11 is 0. The van der Waals surface area contributed by atoms with Gasteiger partial charge in [-0.25, -0.2) is 0 Å². The van der Waals surface area contributed by atoms with Gasteiger partial charge in [0.1, 0.15) is 5.78 Å². The standard InChI is InChI=1S/C16H24O/c1-6-7-15(17)11-13-8-9-14(10-12(13)2)16(3,4)5/h8-10H,6-7,11H2,1-5H3. The van der Waals surface area contributed by atoms with Crippen molar-refractivity contribution >= 4 is 5.78 Å². The van der Waals surface area contributed by atoms with E-state index in [1.807, 2.05) is 6.92 Å². The van der Waals surface area contributed by atoms with Crippen molar-refractivity contribution in [3.05, 3.63) is 34.9 Å². The van der Waals surface area contributed by atoms with Crippen LogP contribution in [0.5, 0.6) is 0 Å². The van der Waals surface area contributed by atoms with Crippen molar-refractivity contribution in [2.24, 2.45) is 0 Å². The van der Waals surface area contributed by atoms with Crippen LogP contribution in [-0.4, -0.2) is 5.78 Å². The Kier molecular flexibility index (Phi) is 4.50. The van der Waals surface area contributed by atoms with Gasteiger partial charge in [0.15, 0.2) is 0 Å². The van der Waals surface area contributed by atoms with Crippen LogP contribution >= 0.6 is 0 Å². The smallest absolute Gasteiger partial charge is 0.137 e. The molecule has 1 nitrogen and oxygen atoms in total.